The number of ether oxygens (including phenoxy) is 1. The van der Waals surface area contributed by atoms with Gasteiger partial charge in [-0.3, -0.25) is 9.20 Å². The molecule has 0 fully saturated rings. The van der Waals surface area contributed by atoms with Crippen LogP contribution in [0.5, 0.6) is 0 Å². The fourth-order valence-corrected chi connectivity index (χ4v) is 2.70. The Morgan fingerprint density at radius 1 is 1.12 bits per heavy atom. The van der Waals surface area contributed by atoms with Crippen molar-refractivity contribution in [2.45, 2.75) is 27.2 Å². The molecule has 6 nitrogen and oxygen atoms in total. The summed E-state index contributed by atoms with van der Waals surface area (Å²) < 4.78 is 6.88. The van der Waals surface area contributed by atoms with Crippen molar-refractivity contribution >= 4 is 23.2 Å². The molecule has 0 bridgehead atoms. The Morgan fingerprint density at radius 2 is 1.85 bits per heavy atom. The van der Waals surface area contributed by atoms with E-state index in [2.05, 4.69) is 10.3 Å². The van der Waals surface area contributed by atoms with E-state index in [1.807, 2.05) is 39.1 Å². The van der Waals surface area contributed by atoms with Gasteiger partial charge in [0.25, 0.3) is 5.91 Å². The molecule has 1 aromatic carbocycles. The third kappa shape index (κ3) is 3.59. The van der Waals surface area contributed by atoms with E-state index in [0.717, 1.165) is 17.6 Å². The number of carbonyl (C=O) groups excluding carboxylic acids is 2. The van der Waals surface area contributed by atoms with Gasteiger partial charge in [0.2, 0.25) is 0 Å². The minimum atomic E-state index is -0.363. The topological polar surface area (TPSA) is 72.7 Å². The molecule has 0 saturated carbocycles. The summed E-state index contributed by atoms with van der Waals surface area (Å²) in [5.41, 5.74) is 3.98. The number of hydrogen-bond acceptors (Lipinski definition) is 4. The number of amides is 1. The van der Waals surface area contributed by atoms with Gasteiger partial charge in [-0.1, -0.05) is 13.0 Å². The normalized spacial score (nSPS) is 10.7. The number of rotatable bonds is 5. The van der Waals surface area contributed by atoms with E-state index < -0.39 is 0 Å². The molecular weight excluding hydrogens is 330 g/mol. The fraction of sp³-hybridized carbons (Fsp3) is 0.250. The van der Waals surface area contributed by atoms with Gasteiger partial charge < -0.3 is 10.1 Å². The van der Waals surface area contributed by atoms with Gasteiger partial charge in [-0.25, -0.2) is 9.78 Å². The van der Waals surface area contributed by atoms with Crippen LogP contribution < -0.4 is 5.32 Å². The van der Waals surface area contributed by atoms with Crippen LogP contribution in [0.1, 0.15) is 45.4 Å². The maximum atomic E-state index is 12.7. The number of imidazole rings is 1. The second kappa shape index (κ2) is 7.39. The zero-order valence-corrected chi connectivity index (χ0v) is 15.1. The largest absolute Gasteiger partial charge is 0.462 e. The molecule has 6 heteroatoms. The van der Waals surface area contributed by atoms with Gasteiger partial charge in [-0.2, -0.15) is 0 Å². The lowest BCUT2D eigenvalue weighted by molar-refractivity contribution is 0.0505. The molecule has 0 aliphatic heterocycles. The average molecular weight is 351 g/mol. The summed E-state index contributed by atoms with van der Waals surface area (Å²) in [5.74, 6) is -0.611. The number of anilines is 1. The van der Waals surface area contributed by atoms with Crippen LogP contribution in [0.15, 0.2) is 42.6 Å². The molecule has 0 aliphatic carbocycles. The zero-order chi connectivity index (χ0) is 18.7. The van der Waals surface area contributed by atoms with Gasteiger partial charge in [-0.15, -0.1) is 0 Å². The van der Waals surface area contributed by atoms with E-state index in [1.165, 1.54) is 0 Å². The number of aromatic nitrogens is 2. The van der Waals surface area contributed by atoms with Crippen molar-refractivity contribution in [1.82, 2.24) is 9.38 Å². The van der Waals surface area contributed by atoms with Crippen LogP contribution in [0.4, 0.5) is 5.69 Å². The number of carbonyl (C=O) groups is 2. The van der Waals surface area contributed by atoms with Crippen molar-refractivity contribution in [3.05, 3.63) is 65.1 Å². The molecule has 134 valence electrons. The Kier molecular flexibility index (Phi) is 5.02. The summed E-state index contributed by atoms with van der Waals surface area (Å²) in [5, 5.41) is 2.85. The SMILES string of the molecule is CCCOC(=O)c1ccc(NC(=O)c2c(C)nc3ccc(C)cn23)cc1. The Balaban J connectivity index is 1.79. The Hall–Kier alpha value is -3.15. The first-order valence-corrected chi connectivity index (χ1v) is 8.53. The second-order valence-corrected chi connectivity index (χ2v) is 6.15. The first-order valence-electron chi connectivity index (χ1n) is 8.53. The maximum absolute atomic E-state index is 12.7. The standard InChI is InChI=1S/C20H21N3O3/c1-4-11-26-20(25)15-6-8-16(9-7-15)22-19(24)18-14(3)21-17-10-5-13(2)12-23(17)18/h5-10,12H,4,11H2,1-3H3,(H,22,24). The van der Waals surface area contributed by atoms with Crippen molar-refractivity contribution in [3.63, 3.8) is 0 Å². The maximum Gasteiger partial charge on any atom is 0.338 e. The molecule has 26 heavy (non-hydrogen) atoms. The van der Waals surface area contributed by atoms with E-state index in [9.17, 15) is 9.59 Å². The highest BCUT2D eigenvalue weighted by Gasteiger charge is 2.17. The molecule has 3 rings (SSSR count). The Morgan fingerprint density at radius 3 is 2.54 bits per heavy atom. The van der Waals surface area contributed by atoms with Gasteiger partial charge in [0.1, 0.15) is 11.3 Å². The number of esters is 1. The van der Waals surface area contributed by atoms with Crippen molar-refractivity contribution in [3.8, 4) is 0 Å². The molecule has 2 aromatic heterocycles. The fourth-order valence-electron chi connectivity index (χ4n) is 2.70. The number of hydrogen-bond donors (Lipinski definition) is 1. The Bertz CT molecular complexity index is 958. The summed E-state index contributed by atoms with van der Waals surface area (Å²) in [6, 6.07) is 10.5. The number of benzene rings is 1. The van der Waals surface area contributed by atoms with Gasteiger partial charge in [0.05, 0.1) is 17.9 Å². The zero-order valence-electron chi connectivity index (χ0n) is 15.1. The van der Waals surface area contributed by atoms with E-state index in [0.29, 0.717) is 29.2 Å². The molecule has 1 amide bonds. The van der Waals surface area contributed by atoms with E-state index in [-0.39, 0.29) is 11.9 Å². The lowest BCUT2D eigenvalue weighted by Gasteiger charge is -2.08. The summed E-state index contributed by atoms with van der Waals surface area (Å²) in [4.78, 5) is 29.0. The Labute approximate surface area is 151 Å². The van der Waals surface area contributed by atoms with Crippen LogP contribution in [0.25, 0.3) is 5.65 Å². The molecule has 0 unspecified atom stereocenters. The van der Waals surface area contributed by atoms with E-state index >= 15 is 0 Å². The smallest absolute Gasteiger partial charge is 0.338 e. The molecule has 0 aliphatic rings. The second-order valence-electron chi connectivity index (χ2n) is 6.15. The first-order chi connectivity index (χ1) is 12.5. The molecule has 1 N–H and O–H groups in total. The quantitative estimate of drug-likeness (QED) is 0.710. The van der Waals surface area contributed by atoms with E-state index in [1.54, 1.807) is 28.7 Å². The molecule has 2 heterocycles. The van der Waals surface area contributed by atoms with Crippen LogP contribution in [0.3, 0.4) is 0 Å². The van der Waals surface area contributed by atoms with Gasteiger partial charge in [0.15, 0.2) is 0 Å². The lowest BCUT2D eigenvalue weighted by Crippen LogP contribution is -2.16. The van der Waals surface area contributed by atoms with Gasteiger partial charge in [0, 0.05) is 11.9 Å². The monoisotopic (exact) mass is 351 g/mol. The molecule has 0 radical (unpaired) electrons. The van der Waals surface area contributed by atoms with Crippen molar-refractivity contribution in [2.75, 3.05) is 11.9 Å². The number of pyridine rings is 1. The predicted molar refractivity (Wildman–Crippen MR) is 99.6 cm³/mol. The van der Waals surface area contributed by atoms with E-state index in [4.69, 9.17) is 4.74 Å². The highest BCUT2D eigenvalue weighted by molar-refractivity contribution is 6.04. The number of fused-ring (bicyclic) bond motifs is 1. The predicted octanol–water partition coefficient (Wildman–Crippen LogP) is 3.77. The third-order valence-corrected chi connectivity index (χ3v) is 3.97. The first kappa shape index (κ1) is 17.7. The van der Waals surface area contributed by atoms with Crippen LogP contribution in [-0.2, 0) is 4.74 Å². The van der Waals surface area contributed by atoms with Crippen LogP contribution in [-0.4, -0.2) is 27.9 Å². The lowest BCUT2D eigenvalue weighted by atomic mass is 10.2. The van der Waals surface area contributed by atoms with Crippen molar-refractivity contribution in [2.24, 2.45) is 0 Å². The number of aryl methyl sites for hydroxylation is 2. The average Bonchev–Trinajstić information content (AvgIpc) is 2.95. The van der Waals surface area contributed by atoms with Crippen molar-refractivity contribution in [1.29, 1.82) is 0 Å². The summed E-state index contributed by atoms with van der Waals surface area (Å²) >= 11 is 0. The number of nitrogens with zero attached hydrogens (tertiary/aromatic N) is 2. The van der Waals surface area contributed by atoms with Crippen molar-refractivity contribution < 1.29 is 14.3 Å². The van der Waals surface area contributed by atoms with Crippen LogP contribution in [0.2, 0.25) is 0 Å². The highest BCUT2D eigenvalue weighted by Crippen LogP contribution is 2.17. The molecule has 0 saturated heterocycles. The summed E-state index contributed by atoms with van der Waals surface area (Å²) in [6.07, 6.45) is 2.66. The van der Waals surface area contributed by atoms with Gasteiger partial charge >= 0.3 is 5.97 Å². The van der Waals surface area contributed by atoms with Gasteiger partial charge in [-0.05, 0) is 56.2 Å². The molecular formula is C20H21N3O3. The van der Waals surface area contributed by atoms with Crippen LogP contribution >= 0.6 is 0 Å². The minimum absolute atomic E-state index is 0.248. The number of nitrogens with one attached hydrogen (secondary N) is 1. The highest BCUT2D eigenvalue weighted by atomic mass is 16.5. The molecule has 3 aromatic rings. The molecule has 0 spiro atoms. The molecule has 0 atom stereocenters. The summed E-state index contributed by atoms with van der Waals surface area (Å²) in [7, 11) is 0. The van der Waals surface area contributed by atoms with Crippen LogP contribution in [0, 0.1) is 13.8 Å². The third-order valence-electron chi connectivity index (χ3n) is 3.97. The summed E-state index contributed by atoms with van der Waals surface area (Å²) in [6.45, 7) is 6.11. The minimum Gasteiger partial charge on any atom is -0.462 e.